The number of benzene rings is 2. The summed E-state index contributed by atoms with van der Waals surface area (Å²) in [5, 5.41) is 15.2. The Morgan fingerprint density at radius 3 is 2.57 bits per heavy atom. The van der Waals surface area contributed by atoms with Crippen LogP contribution in [0.2, 0.25) is 0 Å². The second kappa shape index (κ2) is 7.27. The van der Waals surface area contributed by atoms with Crippen LogP contribution >= 0.6 is 0 Å². The van der Waals surface area contributed by atoms with Crippen LogP contribution < -0.4 is 10.3 Å². The van der Waals surface area contributed by atoms with Crippen molar-refractivity contribution < 1.29 is 14.5 Å². The Morgan fingerprint density at radius 1 is 1.00 bits per heavy atom. The van der Waals surface area contributed by atoms with Crippen molar-refractivity contribution in [3.05, 3.63) is 95.1 Å². The highest BCUT2D eigenvalue weighted by molar-refractivity contribution is 5.86. The normalized spacial score (nSPS) is 12.1. The van der Waals surface area contributed by atoms with Gasteiger partial charge < -0.3 is 5.11 Å². The number of H-pyrrole nitrogens is 1. The van der Waals surface area contributed by atoms with Gasteiger partial charge in [-0.2, -0.15) is 0 Å². The highest BCUT2D eigenvalue weighted by Crippen LogP contribution is 2.36. The zero-order valence-electron chi connectivity index (χ0n) is 15.7. The van der Waals surface area contributed by atoms with Gasteiger partial charge >= 0.3 is 0 Å². The van der Waals surface area contributed by atoms with Crippen molar-refractivity contribution >= 4 is 16.7 Å². The Kier molecular flexibility index (Phi) is 4.65. The van der Waals surface area contributed by atoms with Gasteiger partial charge in [0, 0.05) is 28.3 Å². The number of nitrogens with one attached hydrogen (secondary N) is 2. The second-order valence-corrected chi connectivity index (χ2v) is 6.91. The third-order valence-corrected chi connectivity index (χ3v) is 4.74. The molecule has 0 aliphatic carbocycles. The van der Waals surface area contributed by atoms with E-state index in [-0.39, 0.29) is 11.6 Å². The number of rotatable bonds is 4. The van der Waals surface area contributed by atoms with Crippen molar-refractivity contribution in [2.45, 2.75) is 19.9 Å². The third kappa shape index (κ3) is 3.51. The first-order valence-corrected chi connectivity index (χ1v) is 9.11. The summed E-state index contributed by atoms with van der Waals surface area (Å²) in [6.07, 6.45) is 0. The number of hydrogen-bond acceptors (Lipinski definition) is 3. The number of phenols is 1. The average molecular weight is 374 g/mol. The SMILES string of the molecule is Cc1ccc2ccc([C@@H](Nc3cccc(C)[nH+]3)c3cccc(F)c3)c(O)c2n1. The van der Waals surface area contributed by atoms with Gasteiger partial charge in [0.1, 0.15) is 23.1 Å². The van der Waals surface area contributed by atoms with Gasteiger partial charge in [-0.1, -0.05) is 30.3 Å². The zero-order valence-corrected chi connectivity index (χ0v) is 15.7. The molecule has 0 aliphatic rings. The van der Waals surface area contributed by atoms with Gasteiger partial charge in [0.05, 0.1) is 5.69 Å². The number of anilines is 1. The number of halogens is 1. The topological polar surface area (TPSA) is 59.3 Å². The minimum absolute atomic E-state index is 0.0932. The first-order chi connectivity index (χ1) is 13.5. The van der Waals surface area contributed by atoms with Crippen molar-refractivity contribution in [3.8, 4) is 5.75 Å². The van der Waals surface area contributed by atoms with Gasteiger partial charge in [-0.25, -0.2) is 14.4 Å². The Labute approximate surface area is 162 Å². The largest absolute Gasteiger partial charge is 0.505 e. The molecule has 0 amide bonds. The fourth-order valence-electron chi connectivity index (χ4n) is 3.37. The van der Waals surface area contributed by atoms with Crippen molar-refractivity contribution in [3.63, 3.8) is 0 Å². The molecule has 0 radical (unpaired) electrons. The molecule has 2 heterocycles. The van der Waals surface area contributed by atoms with E-state index < -0.39 is 6.04 Å². The number of pyridine rings is 2. The summed E-state index contributed by atoms with van der Waals surface area (Å²) >= 11 is 0. The number of aromatic amines is 1. The predicted molar refractivity (Wildman–Crippen MR) is 108 cm³/mol. The van der Waals surface area contributed by atoms with Crippen LogP contribution in [0.3, 0.4) is 0 Å². The van der Waals surface area contributed by atoms with E-state index in [0.717, 1.165) is 22.6 Å². The van der Waals surface area contributed by atoms with Gasteiger partial charge in [-0.05, 0) is 44.2 Å². The molecule has 0 unspecified atom stereocenters. The quantitative estimate of drug-likeness (QED) is 0.544. The second-order valence-electron chi connectivity index (χ2n) is 6.91. The van der Waals surface area contributed by atoms with Crippen molar-refractivity contribution in [1.29, 1.82) is 0 Å². The number of hydrogen-bond donors (Lipinski definition) is 2. The summed E-state index contributed by atoms with van der Waals surface area (Å²) in [5.41, 5.74) is 3.68. The van der Waals surface area contributed by atoms with Gasteiger partial charge in [-0.15, -0.1) is 0 Å². The Bertz CT molecular complexity index is 1160. The molecule has 2 aromatic heterocycles. The molecular weight excluding hydrogens is 353 g/mol. The Morgan fingerprint density at radius 2 is 1.79 bits per heavy atom. The zero-order chi connectivity index (χ0) is 19.7. The van der Waals surface area contributed by atoms with Crippen LogP contribution in [0.5, 0.6) is 5.75 Å². The van der Waals surface area contributed by atoms with Crippen LogP contribution in [0.25, 0.3) is 10.9 Å². The molecule has 28 heavy (non-hydrogen) atoms. The fraction of sp³-hybridized carbons (Fsp3) is 0.130. The first-order valence-electron chi connectivity index (χ1n) is 9.11. The lowest BCUT2D eigenvalue weighted by molar-refractivity contribution is -0.371. The maximum Gasteiger partial charge on any atom is 0.273 e. The summed E-state index contributed by atoms with van der Waals surface area (Å²) in [6, 6.07) is 19.3. The summed E-state index contributed by atoms with van der Waals surface area (Å²) in [5.74, 6) is 0.536. The van der Waals surface area contributed by atoms with Crippen LogP contribution in [-0.2, 0) is 0 Å². The van der Waals surface area contributed by atoms with E-state index in [9.17, 15) is 9.50 Å². The Balaban J connectivity index is 1.87. The molecule has 0 saturated heterocycles. The number of nitrogens with zero attached hydrogens (tertiary/aromatic N) is 1. The molecular formula is C23H21FN3O+. The van der Waals surface area contributed by atoms with E-state index in [2.05, 4.69) is 15.3 Å². The molecule has 0 aliphatic heterocycles. The molecule has 1 atom stereocenters. The molecule has 2 aromatic carbocycles. The van der Waals surface area contributed by atoms with Gasteiger partial charge in [-0.3, -0.25) is 5.32 Å². The first kappa shape index (κ1) is 17.9. The van der Waals surface area contributed by atoms with E-state index in [4.69, 9.17) is 0 Å². The summed E-state index contributed by atoms with van der Waals surface area (Å²) < 4.78 is 13.9. The van der Waals surface area contributed by atoms with E-state index in [0.29, 0.717) is 16.6 Å². The average Bonchev–Trinajstić information content (AvgIpc) is 2.67. The van der Waals surface area contributed by atoms with Crippen LogP contribution in [0.15, 0.2) is 66.7 Å². The summed E-state index contributed by atoms with van der Waals surface area (Å²) in [4.78, 5) is 7.75. The third-order valence-electron chi connectivity index (χ3n) is 4.74. The van der Waals surface area contributed by atoms with Gasteiger partial charge in [0.15, 0.2) is 0 Å². The monoisotopic (exact) mass is 374 g/mol. The minimum Gasteiger partial charge on any atom is -0.505 e. The van der Waals surface area contributed by atoms with Crippen molar-refractivity contribution in [1.82, 2.24) is 4.98 Å². The molecule has 4 nitrogen and oxygen atoms in total. The lowest BCUT2D eigenvalue weighted by Gasteiger charge is -2.18. The smallest absolute Gasteiger partial charge is 0.273 e. The summed E-state index contributed by atoms with van der Waals surface area (Å²) in [6.45, 7) is 3.85. The number of fused-ring (bicyclic) bond motifs is 1. The lowest BCUT2D eigenvalue weighted by Crippen LogP contribution is -2.20. The van der Waals surface area contributed by atoms with Crippen LogP contribution in [0.4, 0.5) is 10.2 Å². The van der Waals surface area contributed by atoms with Crippen molar-refractivity contribution in [2.24, 2.45) is 0 Å². The van der Waals surface area contributed by atoms with Crippen LogP contribution in [-0.4, -0.2) is 10.1 Å². The van der Waals surface area contributed by atoms with Crippen molar-refractivity contribution in [2.75, 3.05) is 5.32 Å². The Hall–Kier alpha value is -3.47. The molecule has 0 fully saturated rings. The fourth-order valence-corrected chi connectivity index (χ4v) is 3.37. The van der Waals surface area contributed by atoms with E-state index in [1.54, 1.807) is 6.07 Å². The molecule has 0 saturated carbocycles. The molecule has 4 aromatic rings. The molecule has 5 heteroatoms. The standard InChI is InChI=1S/C23H20FN3O/c1-14-5-3-8-20(25-14)27-21(17-6-4-7-18(24)13-17)19-12-11-16-10-9-15(2)26-22(16)23(19)28/h3-13,21,28H,1-2H3,(H,25,27)/p+1/t21-/m0/s1. The molecule has 0 spiro atoms. The molecule has 3 N–H and O–H groups in total. The molecule has 140 valence electrons. The number of aryl methyl sites for hydroxylation is 2. The lowest BCUT2D eigenvalue weighted by atomic mass is 9.96. The van der Waals surface area contributed by atoms with Gasteiger partial charge in [0.2, 0.25) is 0 Å². The maximum absolute atomic E-state index is 13.9. The van der Waals surface area contributed by atoms with E-state index in [1.807, 2.05) is 62.4 Å². The number of aromatic hydroxyl groups is 1. The number of phenolic OH excluding ortho intramolecular Hbond substituents is 1. The highest BCUT2D eigenvalue weighted by Gasteiger charge is 2.24. The molecule has 0 bridgehead atoms. The van der Waals surface area contributed by atoms with E-state index in [1.165, 1.54) is 12.1 Å². The predicted octanol–water partition coefficient (Wildman–Crippen LogP) is 4.71. The molecule has 4 rings (SSSR count). The summed E-state index contributed by atoms with van der Waals surface area (Å²) in [7, 11) is 0. The number of aromatic nitrogens is 2. The maximum atomic E-state index is 13.9. The van der Waals surface area contributed by atoms with Crippen LogP contribution in [0.1, 0.15) is 28.6 Å². The van der Waals surface area contributed by atoms with E-state index >= 15 is 0 Å². The van der Waals surface area contributed by atoms with Crippen LogP contribution in [0, 0.1) is 19.7 Å². The minimum atomic E-state index is -0.458. The highest BCUT2D eigenvalue weighted by atomic mass is 19.1. The van der Waals surface area contributed by atoms with Gasteiger partial charge in [0.25, 0.3) is 5.82 Å².